The van der Waals surface area contributed by atoms with Crippen molar-refractivity contribution in [1.29, 1.82) is 5.26 Å². The van der Waals surface area contributed by atoms with Crippen LogP contribution in [0.1, 0.15) is 44.6 Å². The van der Waals surface area contributed by atoms with Gasteiger partial charge < -0.3 is 25.0 Å². The largest absolute Gasteiger partial charge is 0.492 e. The average Bonchev–Trinajstić information content (AvgIpc) is 2.93. The van der Waals surface area contributed by atoms with Crippen molar-refractivity contribution < 1.29 is 18.7 Å². The van der Waals surface area contributed by atoms with Crippen LogP contribution in [0.4, 0.5) is 21.5 Å². The molecular formula is C30H36ClFN6O3. The van der Waals surface area contributed by atoms with Gasteiger partial charge in [0.1, 0.15) is 24.2 Å². The second-order valence-electron chi connectivity index (χ2n) is 10.3. The standard InChI is InChI=1S/C30H36ClFN6O3/c1-4-40-27-15-24-22(14-25(27)37-29(39)9-6-12-38(2)3)30(19(16-33)17-34-24)36-20-10-11-26(23(31)13-20)41-18-21-7-5-8-28(32)35-21/h10-11,13-15,17,21,28,35H,4-9,12,18H2,1-3H3,(H,34,36)(H,37,39). The van der Waals surface area contributed by atoms with Gasteiger partial charge in [0.25, 0.3) is 0 Å². The summed E-state index contributed by atoms with van der Waals surface area (Å²) in [6.45, 7) is 3.39. The Balaban J connectivity index is 1.58. The van der Waals surface area contributed by atoms with Crippen LogP contribution < -0.4 is 25.4 Å². The monoisotopic (exact) mass is 582 g/mol. The molecule has 0 aliphatic carbocycles. The summed E-state index contributed by atoms with van der Waals surface area (Å²) in [5.41, 5.74) is 2.58. The molecule has 1 amide bonds. The maximum absolute atomic E-state index is 13.6. The summed E-state index contributed by atoms with van der Waals surface area (Å²) in [5.74, 6) is 0.861. The van der Waals surface area contributed by atoms with Crippen LogP contribution in [0.25, 0.3) is 10.9 Å². The van der Waals surface area contributed by atoms with Crippen molar-refractivity contribution in [2.24, 2.45) is 0 Å². The van der Waals surface area contributed by atoms with Gasteiger partial charge in [0.15, 0.2) is 6.30 Å². The topological polar surface area (TPSA) is 112 Å². The minimum Gasteiger partial charge on any atom is -0.492 e. The number of piperidine rings is 1. The average molecular weight is 583 g/mol. The number of halogens is 2. The third kappa shape index (κ3) is 8.19. The Hall–Kier alpha value is -3.65. The molecule has 1 aliphatic heterocycles. The van der Waals surface area contributed by atoms with Crippen molar-refractivity contribution in [3.63, 3.8) is 0 Å². The number of hydrogen-bond donors (Lipinski definition) is 3. The molecule has 2 unspecified atom stereocenters. The number of nitrogens with zero attached hydrogens (tertiary/aromatic N) is 3. The fourth-order valence-corrected chi connectivity index (χ4v) is 4.94. The van der Waals surface area contributed by atoms with Crippen molar-refractivity contribution in [3.05, 3.63) is 47.1 Å². The third-order valence-corrected chi connectivity index (χ3v) is 7.04. The van der Waals surface area contributed by atoms with Crippen molar-refractivity contribution in [3.8, 4) is 17.6 Å². The number of aromatic nitrogens is 1. The Kier molecular flexibility index (Phi) is 10.6. The first kappa shape index (κ1) is 30.3. The van der Waals surface area contributed by atoms with E-state index in [2.05, 4.69) is 27.0 Å². The molecular weight excluding hydrogens is 547 g/mol. The number of hydrogen-bond acceptors (Lipinski definition) is 8. The quantitative estimate of drug-likeness (QED) is 0.223. The Labute approximate surface area is 245 Å². The van der Waals surface area contributed by atoms with E-state index in [1.807, 2.05) is 25.9 Å². The number of fused-ring (bicyclic) bond motifs is 1. The number of amides is 1. The lowest BCUT2D eigenvalue weighted by Gasteiger charge is -2.26. The van der Waals surface area contributed by atoms with Crippen molar-refractivity contribution in [1.82, 2.24) is 15.2 Å². The number of carbonyl (C=O) groups excluding carboxylic acids is 1. The minimum absolute atomic E-state index is 0.0711. The van der Waals surface area contributed by atoms with Gasteiger partial charge in [0.05, 0.1) is 34.1 Å². The van der Waals surface area contributed by atoms with Crippen molar-refractivity contribution in [2.45, 2.75) is 51.4 Å². The molecule has 0 spiro atoms. The van der Waals surface area contributed by atoms with E-state index in [9.17, 15) is 14.4 Å². The summed E-state index contributed by atoms with van der Waals surface area (Å²) in [7, 11) is 3.93. The smallest absolute Gasteiger partial charge is 0.224 e. The Morgan fingerprint density at radius 3 is 2.78 bits per heavy atom. The zero-order valence-corrected chi connectivity index (χ0v) is 24.4. The summed E-state index contributed by atoms with van der Waals surface area (Å²) >= 11 is 6.53. The lowest BCUT2D eigenvalue weighted by molar-refractivity contribution is -0.116. The molecule has 1 aliphatic rings. The van der Waals surface area contributed by atoms with E-state index < -0.39 is 6.30 Å². The van der Waals surface area contributed by atoms with Crippen LogP contribution in [0, 0.1) is 11.3 Å². The number of anilines is 3. The second kappa shape index (κ2) is 14.3. The van der Waals surface area contributed by atoms with Gasteiger partial charge in [-0.1, -0.05) is 11.6 Å². The molecule has 3 N–H and O–H groups in total. The molecule has 9 nitrogen and oxygen atoms in total. The van der Waals surface area contributed by atoms with Crippen LogP contribution in [0.15, 0.2) is 36.5 Å². The maximum Gasteiger partial charge on any atom is 0.224 e. The molecule has 4 rings (SSSR count). The van der Waals surface area contributed by atoms with Gasteiger partial charge in [-0.25, -0.2) is 4.39 Å². The predicted molar refractivity (Wildman–Crippen MR) is 160 cm³/mol. The summed E-state index contributed by atoms with van der Waals surface area (Å²) in [4.78, 5) is 19.2. The molecule has 1 aromatic heterocycles. The molecule has 41 heavy (non-hydrogen) atoms. The molecule has 2 atom stereocenters. The number of rotatable bonds is 12. The van der Waals surface area contributed by atoms with E-state index in [1.54, 1.807) is 30.3 Å². The Morgan fingerprint density at radius 2 is 2.07 bits per heavy atom. The first-order chi connectivity index (χ1) is 19.8. The van der Waals surface area contributed by atoms with E-state index in [-0.39, 0.29) is 11.9 Å². The van der Waals surface area contributed by atoms with Gasteiger partial charge in [0.2, 0.25) is 5.91 Å². The number of alkyl halides is 1. The third-order valence-electron chi connectivity index (χ3n) is 6.74. The Morgan fingerprint density at radius 1 is 1.24 bits per heavy atom. The van der Waals surface area contributed by atoms with Gasteiger partial charge in [-0.15, -0.1) is 0 Å². The summed E-state index contributed by atoms with van der Waals surface area (Å²) in [6, 6.07) is 10.9. The summed E-state index contributed by atoms with van der Waals surface area (Å²) in [5, 5.41) is 20.0. The van der Waals surface area contributed by atoms with Gasteiger partial charge >= 0.3 is 0 Å². The number of nitriles is 1. The summed E-state index contributed by atoms with van der Waals surface area (Å²) < 4.78 is 25.3. The van der Waals surface area contributed by atoms with Crippen molar-refractivity contribution in [2.75, 3.05) is 44.5 Å². The highest BCUT2D eigenvalue weighted by molar-refractivity contribution is 6.32. The molecule has 2 aromatic carbocycles. The van der Waals surface area contributed by atoms with Crippen LogP contribution in [-0.2, 0) is 4.79 Å². The van der Waals surface area contributed by atoms with E-state index in [0.717, 1.165) is 25.8 Å². The predicted octanol–water partition coefficient (Wildman–Crippen LogP) is 6.00. The Bertz CT molecular complexity index is 1410. The fraction of sp³-hybridized carbons (Fsp3) is 0.433. The first-order valence-electron chi connectivity index (χ1n) is 13.8. The van der Waals surface area contributed by atoms with Crippen LogP contribution in [0.2, 0.25) is 5.02 Å². The maximum atomic E-state index is 13.6. The fourth-order valence-electron chi connectivity index (χ4n) is 4.71. The van der Waals surface area contributed by atoms with E-state index in [1.165, 1.54) is 6.20 Å². The molecule has 3 aromatic rings. The molecule has 0 radical (unpaired) electrons. The zero-order chi connectivity index (χ0) is 29.4. The molecule has 0 bridgehead atoms. The molecule has 1 fully saturated rings. The highest BCUT2D eigenvalue weighted by Crippen LogP contribution is 2.37. The van der Waals surface area contributed by atoms with E-state index in [4.69, 9.17) is 21.1 Å². The molecule has 11 heteroatoms. The number of pyridine rings is 1. The van der Waals surface area contributed by atoms with Gasteiger partial charge in [0, 0.05) is 35.8 Å². The normalized spacial score (nSPS) is 16.8. The SMILES string of the molecule is CCOc1cc2ncc(C#N)c(Nc3ccc(OCC4CCCC(F)N4)c(Cl)c3)c2cc1NC(=O)CCCN(C)C. The number of benzene rings is 2. The number of carbonyl (C=O) groups is 1. The number of nitrogens with one attached hydrogen (secondary N) is 3. The summed E-state index contributed by atoms with van der Waals surface area (Å²) in [6.07, 6.45) is 3.74. The van der Waals surface area contributed by atoms with E-state index >= 15 is 0 Å². The minimum atomic E-state index is -1.01. The van der Waals surface area contributed by atoms with Gasteiger partial charge in [-0.3, -0.25) is 15.1 Å². The molecule has 218 valence electrons. The van der Waals surface area contributed by atoms with Gasteiger partial charge in [-0.05, 0) is 77.5 Å². The lowest BCUT2D eigenvalue weighted by Crippen LogP contribution is -2.43. The zero-order valence-electron chi connectivity index (χ0n) is 23.6. The highest BCUT2D eigenvalue weighted by atomic mass is 35.5. The van der Waals surface area contributed by atoms with Crippen molar-refractivity contribution >= 4 is 45.5 Å². The molecule has 2 heterocycles. The van der Waals surface area contributed by atoms with Crippen LogP contribution in [-0.4, -0.2) is 62.0 Å². The lowest BCUT2D eigenvalue weighted by atomic mass is 10.1. The first-order valence-corrected chi connectivity index (χ1v) is 14.2. The second-order valence-corrected chi connectivity index (χ2v) is 10.7. The highest BCUT2D eigenvalue weighted by Gasteiger charge is 2.21. The van der Waals surface area contributed by atoms with Crippen LogP contribution >= 0.6 is 11.6 Å². The number of ether oxygens (including phenoxy) is 2. The molecule has 0 saturated carbocycles. The molecule has 1 saturated heterocycles. The van der Waals surface area contributed by atoms with Crippen LogP contribution in [0.3, 0.4) is 0 Å². The van der Waals surface area contributed by atoms with E-state index in [0.29, 0.717) is 76.1 Å². The van der Waals surface area contributed by atoms with Crippen LogP contribution in [0.5, 0.6) is 11.5 Å². The van der Waals surface area contributed by atoms with Gasteiger partial charge in [-0.2, -0.15) is 5.26 Å².